The third-order valence-electron chi connectivity index (χ3n) is 5.74. The van der Waals surface area contributed by atoms with Crippen molar-refractivity contribution in [3.8, 4) is 0 Å². The number of rotatable bonds is 8. The Morgan fingerprint density at radius 3 is 2.38 bits per heavy atom. The van der Waals surface area contributed by atoms with Crippen molar-refractivity contribution in [3.63, 3.8) is 0 Å². The minimum atomic E-state index is -5.26. The molecular formula is C16H30NO9P3. The maximum absolute atomic E-state index is 12.1. The normalized spacial score (nSPS) is 33.1. The second-order valence-electron chi connectivity index (χ2n) is 8.22. The van der Waals surface area contributed by atoms with Gasteiger partial charge in [0, 0.05) is 24.6 Å². The number of hydrogen-bond donors (Lipinski definition) is 3. The summed E-state index contributed by atoms with van der Waals surface area (Å²) in [6, 6.07) is 0.113. The van der Waals surface area contributed by atoms with E-state index in [1.807, 2.05) is 13.1 Å². The van der Waals surface area contributed by atoms with Crippen LogP contribution in [0.5, 0.6) is 0 Å². The number of allylic oxidation sites excluding steroid dienone is 2. The second kappa shape index (κ2) is 8.70. The summed E-state index contributed by atoms with van der Waals surface area (Å²) >= 11 is 0. The first-order valence-corrected chi connectivity index (χ1v) is 14.2. The van der Waals surface area contributed by atoms with Gasteiger partial charge in [0.15, 0.2) is 0 Å². The van der Waals surface area contributed by atoms with Gasteiger partial charge in [0.2, 0.25) is 0 Å². The average Bonchev–Trinajstić information content (AvgIpc) is 2.73. The fourth-order valence-corrected chi connectivity index (χ4v) is 7.47. The van der Waals surface area contributed by atoms with E-state index in [2.05, 4.69) is 40.0 Å². The molecule has 6 unspecified atom stereocenters. The summed E-state index contributed by atoms with van der Waals surface area (Å²) < 4.78 is 47.8. The highest BCUT2D eigenvalue weighted by molar-refractivity contribution is 7.68. The standard InChI is InChI=1S/C16H30NO9P3/c1-12-8-6-7-9-17(12)15-10-14(13(2)16(15,3)4)11-24-28(20,21)26-29(22,23)25-27(5,18)19/h7,9,13-15H,1,6,8,10-11H2,2-5H3,(H,18,19)(H,20,21)(H,22,23). The Morgan fingerprint density at radius 2 is 1.83 bits per heavy atom. The van der Waals surface area contributed by atoms with Gasteiger partial charge in [-0.3, -0.25) is 9.09 Å². The number of phosphoric acid groups is 2. The molecule has 1 aliphatic carbocycles. The number of nitrogens with zero attached hydrogens (tertiary/aromatic N) is 1. The van der Waals surface area contributed by atoms with Gasteiger partial charge in [0.25, 0.3) is 0 Å². The summed E-state index contributed by atoms with van der Waals surface area (Å²) in [4.78, 5) is 30.3. The van der Waals surface area contributed by atoms with E-state index < -0.39 is 23.2 Å². The summed E-state index contributed by atoms with van der Waals surface area (Å²) in [7, 11) is -14.7. The molecule has 1 aliphatic heterocycles. The molecular weight excluding hydrogens is 443 g/mol. The molecule has 0 aromatic rings. The van der Waals surface area contributed by atoms with Crippen LogP contribution in [0.15, 0.2) is 24.6 Å². The zero-order chi connectivity index (χ0) is 22.3. The SMILES string of the molecule is C=C1CCC=CN1C1CC(COP(=O)(O)OP(=O)(O)OP(C)(=O)O)C(C)C1(C)C. The predicted molar refractivity (Wildman–Crippen MR) is 108 cm³/mol. The molecule has 1 heterocycles. The van der Waals surface area contributed by atoms with Gasteiger partial charge >= 0.3 is 23.2 Å². The molecule has 0 radical (unpaired) electrons. The molecule has 168 valence electrons. The minimum Gasteiger partial charge on any atom is -0.349 e. The van der Waals surface area contributed by atoms with Gasteiger partial charge < -0.3 is 19.6 Å². The van der Waals surface area contributed by atoms with Crippen molar-refractivity contribution in [3.05, 3.63) is 24.6 Å². The van der Waals surface area contributed by atoms with Gasteiger partial charge in [-0.25, -0.2) is 13.4 Å². The Labute approximate surface area is 171 Å². The molecule has 0 aromatic carbocycles. The van der Waals surface area contributed by atoms with Crippen molar-refractivity contribution in [2.75, 3.05) is 13.3 Å². The van der Waals surface area contributed by atoms with Crippen LogP contribution in [0.1, 0.15) is 40.0 Å². The lowest BCUT2D eigenvalue weighted by Gasteiger charge is -2.41. The van der Waals surface area contributed by atoms with Crippen LogP contribution in [0.25, 0.3) is 0 Å². The Bertz CT molecular complexity index is 805. The summed E-state index contributed by atoms with van der Waals surface area (Å²) in [5, 5.41) is 0. The van der Waals surface area contributed by atoms with Crippen LogP contribution in [-0.2, 0) is 26.8 Å². The van der Waals surface area contributed by atoms with Gasteiger partial charge in [-0.2, -0.15) is 4.31 Å². The lowest BCUT2D eigenvalue weighted by Crippen LogP contribution is -2.40. The fourth-order valence-electron chi connectivity index (χ4n) is 3.94. The van der Waals surface area contributed by atoms with Gasteiger partial charge in [0.1, 0.15) is 0 Å². The summed E-state index contributed by atoms with van der Waals surface area (Å²) in [6.45, 7) is 10.8. The van der Waals surface area contributed by atoms with Crippen molar-refractivity contribution < 1.29 is 41.5 Å². The quantitative estimate of drug-likeness (QED) is 0.438. The maximum Gasteiger partial charge on any atom is 0.488 e. The Balaban J connectivity index is 2.04. The molecule has 0 aromatic heterocycles. The first-order valence-electron chi connectivity index (χ1n) is 9.20. The lowest BCUT2D eigenvalue weighted by atomic mass is 9.77. The zero-order valence-corrected chi connectivity index (χ0v) is 19.7. The predicted octanol–water partition coefficient (Wildman–Crippen LogP) is 4.23. The van der Waals surface area contributed by atoms with Crippen molar-refractivity contribution >= 4 is 23.2 Å². The number of hydrogen-bond acceptors (Lipinski definition) is 7. The summed E-state index contributed by atoms with van der Waals surface area (Å²) in [5.41, 5.74) is 0.863. The molecule has 6 atom stereocenters. The van der Waals surface area contributed by atoms with Gasteiger partial charge in [-0.15, -0.1) is 0 Å². The molecule has 0 spiro atoms. The van der Waals surface area contributed by atoms with Crippen LogP contribution in [0.3, 0.4) is 0 Å². The lowest BCUT2D eigenvalue weighted by molar-refractivity contribution is 0.121. The Morgan fingerprint density at radius 1 is 1.21 bits per heavy atom. The molecule has 1 fully saturated rings. The van der Waals surface area contributed by atoms with Gasteiger partial charge in [-0.05, 0) is 36.5 Å². The Kier molecular flexibility index (Phi) is 7.50. The first kappa shape index (κ1) is 25.0. The molecule has 29 heavy (non-hydrogen) atoms. The van der Waals surface area contributed by atoms with Crippen molar-refractivity contribution in [1.82, 2.24) is 4.90 Å². The number of phosphoric ester groups is 1. The molecule has 10 nitrogen and oxygen atoms in total. The van der Waals surface area contributed by atoms with Gasteiger partial charge in [-0.1, -0.05) is 33.4 Å². The fraction of sp³-hybridized carbons (Fsp3) is 0.750. The van der Waals surface area contributed by atoms with Crippen molar-refractivity contribution in [2.45, 2.75) is 46.1 Å². The van der Waals surface area contributed by atoms with Crippen LogP contribution < -0.4 is 0 Å². The Hall–Kier alpha value is -0.270. The summed E-state index contributed by atoms with van der Waals surface area (Å²) in [5.74, 6) is -0.0302. The molecule has 0 saturated heterocycles. The van der Waals surface area contributed by atoms with E-state index >= 15 is 0 Å². The highest BCUT2D eigenvalue weighted by Gasteiger charge is 2.50. The highest BCUT2D eigenvalue weighted by Crippen LogP contribution is 2.66. The average molecular weight is 473 g/mol. The van der Waals surface area contributed by atoms with E-state index in [1.165, 1.54) is 0 Å². The van der Waals surface area contributed by atoms with Gasteiger partial charge in [0.05, 0.1) is 6.61 Å². The maximum atomic E-state index is 12.1. The first-order chi connectivity index (χ1) is 13.0. The molecule has 2 aliphatic rings. The molecule has 13 heteroatoms. The highest BCUT2D eigenvalue weighted by atomic mass is 31.3. The van der Waals surface area contributed by atoms with E-state index in [0.717, 1.165) is 18.5 Å². The monoisotopic (exact) mass is 473 g/mol. The smallest absolute Gasteiger partial charge is 0.349 e. The van der Waals surface area contributed by atoms with Crippen molar-refractivity contribution in [2.24, 2.45) is 17.3 Å². The van der Waals surface area contributed by atoms with E-state index in [4.69, 9.17) is 9.42 Å². The van der Waals surface area contributed by atoms with E-state index in [9.17, 15) is 23.5 Å². The zero-order valence-electron chi connectivity index (χ0n) is 17.0. The topological polar surface area (TPSA) is 143 Å². The molecule has 2 rings (SSSR count). The van der Waals surface area contributed by atoms with Crippen LogP contribution in [-0.4, -0.2) is 38.9 Å². The van der Waals surface area contributed by atoms with Crippen LogP contribution in [0.4, 0.5) is 0 Å². The van der Waals surface area contributed by atoms with Crippen LogP contribution >= 0.6 is 23.2 Å². The van der Waals surface area contributed by atoms with E-state index in [1.54, 1.807) is 0 Å². The minimum absolute atomic E-state index is 0.0982. The van der Waals surface area contributed by atoms with E-state index in [-0.39, 0.29) is 29.9 Å². The van der Waals surface area contributed by atoms with E-state index in [0.29, 0.717) is 13.1 Å². The second-order valence-corrected chi connectivity index (χ2v) is 13.3. The van der Waals surface area contributed by atoms with Crippen molar-refractivity contribution in [1.29, 1.82) is 0 Å². The molecule has 0 amide bonds. The van der Waals surface area contributed by atoms with Crippen LogP contribution in [0, 0.1) is 17.3 Å². The molecule has 1 saturated carbocycles. The van der Waals surface area contributed by atoms with Crippen LogP contribution in [0.2, 0.25) is 0 Å². The third kappa shape index (κ3) is 6.60. The molecule has 3 N–H and O–H groups in total. The molecule has 0 bridgehead atoms. The summed E-state index contributed by atoms with van der Waals surface area (Å²) in [6.07, 6.45) is 6.58. The largest absolute Gasteiger partial charge is 0.488 e. The third-order valence-corrected chi connectivity index (χ3v) is 9.91.